The van der Waals surface area contributed by atoms with Crippen LogP contribution in [-0.4, -0.2) is 18.4 Å². The van der Waals surface area contributed by atoms with E-state index in [1.54, 1.807) is 0 Å². The van der Waals surface area contributed by atoms with E-state index in [4.69, 9.17) is 4.74 Å². The summed E-state index contributed by atoms with van der Waals surface area (Å²) in [6.07, 6.45) is 4.24. The van der Waals surface area contributed by atoms with Crippen molar-refractivity contribution >= 4 is 12.3 Å². The van der Waals surface area contributed by atoms with Gasteiger partial charge in [-0.25, -0.2) is 0 Å². The first-order valence-corrected chi connectivity index (χ1v) is 6.82. The Hall–Kier alpha value is -1.12. The molecule has 98 valence electrons. The van der Waals surface area contributed by atoms with Gasteiger partial charge in [-0.05, 0) is 36.5 Å². The zero-order chi connectivity index (χ0) is 13.1. The molecule has 3 heteroatoms. The molecule has 5 atom stereocenters. The Bertz CT molecular complexity index is 441. The minimum absolute atomic E-state index is 0.0363. The molecule has 3 fully saturated rings. The Labute approximate surface area is 108 Å². The van der Waals surface area contributed by atoms with Gasteiger partial charge in [0.05, 0.1) is 0 Å². The van der Waals surface area contributed by atoms with Gasteiger partial charge in [0.2, 0.25) is 0 Å². The molecule has 0 unspecified atom stereocenters. The minimum Gasteiger partial charge on any atom is -0.460 e. The Morgan fingerprint density at radius 3 is 2.89 bits per heavy atom. The number of fused-ring (bicyclic) bond motifs is 1. The van der Waals surface area contributed by atoms with Gasteiger partial charge in [0.1, 0.15) is 17.8 Å². The Balaban J connectivity index is 2.08. The van der Waals surface area contributed by atoms with E-state index in [1.807, 2.05) is 0 Å². The molecule has 3 aliphatic rings. The number of aldehydes is 1. The predicted molar refractivity (Wildman–Crippen MR) is 66.7 cm³/mol. The highest BCUT2D eigenvalue weighted by Crippen LogP contribution is 2.67. The number of rotatable bonds is 2. The summed E-state index contributed by atoms with van der Waals surface area (Å²) in [6, 6.07) is 0. The molecule has 3 nitrogen and oxygen atoms in total. The van der Waals surface area contributed by atoms with Crippen LogP contribution < -0.4 is 0 Å². The second kappa shape index (κ2) is 3.46. The van der Waals surface area contributed by atoms with Crippen molar-refractivity contribution < 1.29 is 14.3 Å². The van der Waals surface area contributed by atoms with Crippen LogP contribution in [0.1, 0.15) is 39.5 Å². The van der Waals surface area contributed by atoms with Crippen molar-refractivity contribution in [2.45, 2.75) is 45.6 Å². The maximum atomic E-state index is 12.1. The quantitative estimate of drug-likeness (QED) is 0.428. The molecule has 0 N–H and O–H groups in total. The number of hydrogen-bond acceptors (Lipinski definition) is 3. The van der Waals surface area contributed by atoms with Crippen LogP contribution >= 0.6 is 0 Å². The number of carbonyl (C=O) groups excluding carboxylic acids is 2. The zero-order valence-corrected chi connectivity index (χ0v) is 11.1. The molecule has 2 bridgehead atoms. The highest BCUT2D eigenvalue weighted by Gasteiger charge is 2.71. The molecule has 0 aromatic rings. The first-order valence-electron chi connectivity index (χ1n) is 6.82. The molecular weight excluding hydrogens is 228 g/mol. The van der Waals surface area contributed by atoms with Crippen molar-refractivity contribution in [3.8, 4) is 0 Å². The van der Waals surface area contributed by atoms with E-state index in [2.05, 4.69) is 20.4 Å². The maximum absolute atomic E-state index is 12.1. The lowest BCUT2D eigenvalue weighted by atomic mass is 9.43. The van der Waals surface area contributed by atoms with Crippen molar-refractivity contribution in [3.05, 3.63) is 12.2 Å². The lowest BCUT2D eigenvalue weighted by molar-refractivity contribution is -0.232. The summed E-state index contributed by atoms with van der Waals surface area (Å²) >= 11 is 0. The summed E-state index contributed by atoms with van der Waals surface area (Å²) in [5.41, 5.74) is 0.531. The van der Waals surface area contributed by atoms with Crippen molar-refractivity contribution in [1.82, 2.24) is 0 Å². The Kier molecular flexibility index (Phi) is 2.30. The summed E-state index contributed by atoms with van der Waals surface area (Å²) in [7, 11) is 0. The fraction of sp³-hybridized carbons (Fsp3) is 0.733. The normalized spacial score (nSPS) is 50.0. The van der Waals surface area contributed by atoms with E-state index in [0.29, 0.717) is 12.3 Å². The maximum Gasteiger partial charge on any atom is 0.320 e. The van der Waals surface area contributed by atoms with Gasteiger partial charge in [-0.3, -0.25) is 4.79 Å². The van der Waals surface area contributed by atoms with E-state index >= 15 is 0 Å². The molecule has 1 spiro atoms. The molecule has 2 saturated carbocycles. The number of hydrogen-bond donors (Lipinski definition) is 0. The molecule has 3 rings (SSSR count). The number of esters is 1. The highest BCUT2D eigenvalue weighted by molar-refractivity contribution is 5.89. The molecule has 1 aliphatic heterocycles. The van der Waals surface area contributed by atoms with Gasteiger partial charge in [-0.15, -0.1) is 0 Å². The average Bonchev–Trinajstić information content (AvgIpc) is 2.32. The van der Waals surface area contributed by atoms with Crippen molar-refractivity contribution in [1.29, 1.82) is 0 Å². The molecular formula is C15H20O3. The second-order valence-electron chi connectivity index (χ2n) is 6.43. The fourth-order valence-electron chi connectivity index (χ4n) is 4.49. The first-order chi connectivity index (χ1) is 8.47. The molecule has 1 heterocycles. The molecule has 2 aliphatic carbocycles. The second-order valence-corrected chi connectivity index (χ2v) is 6.43. The Morgan fingerprint density at radius 2 is 2.28 bits per heavy atom. The third kappa shape index (κ3) is 1.07. The number of carbonyl (C=O) groups is 2. The summed E-state index contributed by atoms with van der Waals surface area (Å²) in [6.45, 7) is 8.71. The topological polar surface area (TPSA) is 43.4 Å². The third-order valence-corrected chi connectivity index (χ3v) is 5.98. The summed E-state index contributed by atoms with van der Waals surface area (Å²) in [5.74, 6) is 0.463. The van der Waals surface area contributed by atoms with Crippen LogP contribution in [0.4, 0.5) is 0 Å². The standard InChI is InChI=1S/C15H20O3/c1-9-8-12-15(13(17)18-12)10(2)14(9,3)6-4-11(15)5-7-16/h7,9,11-12H,2,4-6,8H2,1,3H3/t9-,11+,12-,14+,15-/m1/s1. The monoisotopic (exact) mass is 248 g/mol. The van der Waals surface area contributed by atoms with Crippen molar-refractivity contribution in [2.24, 2.45) is 22.7 Å². The van der Waals surface area contributed by atoms with Gasteiger partial charge in [0.25, 0.3) is 0 Å². The molecule has 0 radical (unpaired) electrons. The van der Waals surface area contributed by atoms with Crippen LogP contribution in [-0.2, 0) is 14.3 Å². The summed E-state index contributed by atoms with van der Waals surface area (Å²) < 4.78 is 5.37. The lowest BCUT2D eigenvalue weighted by Crippen LogP contribution is -2.69. The fourth-order valence-corrected chi connectivity index (χ4v) is 4.49. The van der Waals surface area contributed by atoms with E-state index in [0.717, 1.165) is 31.1 Å². The summed E-state index contributed by atoms with van der Waals surface area (Å²) in [4.78, 5) is 23.0. The SMILES string of the molecule is C=C1[C@]23C(=O)O[C@@H]2C[C@@H](C)[C@]1(C)CC[C@H]3CC=O. The molecule has 0 aromatic carbocycles. The van der Waals surface area contributed by atoms with Crippen molar-refractivity contribution in [2.75, 3.05) is 0 Å². The van der Waals surface area contributed by atoms with Crippen LogP contribution in [0.3, 0.4) is 0 Å². The molecule has 0 aromatic heterocycles. The molecule has 1 saturated heterocycles. The van der Waals surface area contributed by atoms with Crippen molar-refractivity contribution in [3.63, 3.8) is 0 Å². The van der Waals surface area contributed by atoms with E-state index in [-0.39, 0.29) is 23.4 Å². The molecule has 18 heavy (non-hydrogen) atoms. The summed E-state index contributed by atoms with van der Waals surface area (Å²) in [5, 5.41) is 0. The van der Waals surface area contributed by atoms with Gasteiger partial charge in [0, 0.05) is 6.42 Å². The van der Waals surface area contributed by atoms with E-state index in [1.165, 1.54) is 0 Å². The average molecular weight is 248 g/mol. The predicted octanol–water partition coefficient (Wildman–Crippen LogP) is 2.50. The van der Waals surface area contributed by atoms with Gasteiger partial charge in [-0.2, -0.15) is 0 Å². The van der Waals surface area contributed by atoms with Gasteiger partial charge in [-0.1, -0.05) is 26.0 Å². The van der Waals surface area contributed by atoms with Crippen LogP contribution in [0.5, 0.6) is 0 Å². The Morgan fingerprint density at radius 1 is 1.56 bits per heavy atom. The van der Waals surface area contributed by atoms with E-state index in [9.17, 15) is 9.59 Å². The zero-order valence-electron chi connectivity index (χ0n) is 11.1. The van der Waals surface area contributed by atoms with Crippen LogP contribution in [0.15, 0.2) is 12.2 Å². The highest BCUT2D eigenvalue weighted by atomic mass is 16.6. The molecule has 0 amide bonds. The lowest BCUT2D eigenvalue weighted by Gasteiger charge is -2.64. The van der Waals surface area contributed by atoms with Gasteiger partial charge < -0.3 is 9.53 Å². The van der Waals surface area contributed by atoms with Crippen LogP contribution in [0.25, 0.3) is 0 Å². The third-order valence-electron chi connectivity index (χ3n) is 5.98. The largest absolute Gasteiger partial charge is 0.460 e. The number of ether oxygens (including phenoxy) is 1. The van der Waals surface area contributed by atoms with E-state index < -0.39 is 5.41 Å². The minimum atomic E-state index is -0.541. The van der Waals surface area contributed by atoms with Crippen LogP contribution in [0, 0.1) is 22.7 Å². The van der Waals surface area contributed by atoms with Gasteiger partial charge in [0.15, 0.2) is 0 Å². The van der Waals surface area contributed by atoms with Gasteiger partial charge >= 0.3 is 5.97 Å². The first kappa shape index (κ1) is 11.9. The smallest absolute Gasteiger partial charge is 0.320 e. The van der Waals surface area contributed by atoms with Crippen LogP contribution in [0.2, 0.25) is 0 Å².